The van der Waals surface area contributed by atoms with Crippen molar-refractivity contribution in [3.8, 4) is 0 Å². The highest BCUT2D eigenvalue weighted by Gasteiger charge is 2.21. The third-order valence-corrected chi connectivity index (χ3v) is 4.03. The fraction of sp³-hybridized carbons (Fsp3) is 0.929. The highest BCUT2D eigenvalue weighted by molar-refractivity contribution is 5.76. The normalized spacial score (nSPS) is 26.9. The first kappa shape index (κ1) is 13.8. The van der Waals surface area contributed by atoms with Crippen LogP contribution in [0.4, 0.5) is 0 Å². The van der Waals surface area contributed by atoms with E-state index in [1.165, 1.54) is 12.8 Å². The van der Waals surface area contributed by atoms with E-state index < -0.39 is 0 Å². The molecule has 4 nitrogen and oxygen atoms in total. The van der Waals surface area contributed by atoms with Crippen molar-refractivity contribution in [2.75, 3.05) is 32.8 Å². The van der Waals surface area contributed by atoms with Gasteiger partial charge in [-0.25, -0.2) is 0 Å². The van der Waals surface area contributed by atoms with E-state index in [2.05, 4.69) is 12.2 Å². The third-order valence-electron chi connectivity index (χ3n) is 4.03. The van der Waals surface area contributed by atoms with Gasteiger partial charge in [-0.2, -0.15) is 0 Å². The first-order valence-electron chi connectivity index (χ1n) is 7.36. The Labute approximate surface area is 110 Å². The molecule has 0 saturated carbocycles. The number of nitrogens with zero attached hydrogens (tertiary/aromatic N) is 1. The van der Waals surface area contributed by atoms with Gasteiger partial charge in [0.05, 0.1) is 6.10 Å². The average Bonchev–Trinajstić information content (AvgIpc) is 2.62. The zero-order valence-corrected chi connectivity index (χ0v) is 11.5. The molecule has 1 atom stereocenters. The van der Waals surface area contributed by atoms with Crippen LogP contribution >= 0.6 is 0 Å². The van der Waals surface area contributed by atoms with Crippen LogP contribution in [0, 0.1) is 5.92 Å². The molecule has 2 aliphatic heterocycles. The van der Waals surface area contributed by atoms with Crippen LogP contribution in [-0.2, 0) is 9.53 Å². The lowest BCUT2D eigenvalue weighted by Crippen LogP contribution is -2.36. The molecule has 0 radical (unpaired) electrons. The van der Waals surface area contributed by atoms with Gasteiger partial charge in [0.15, 0.2) is 0 Å². The number of nitrogens with one attached hydrogen (secondary N) is 1. The Hall–Kier alpha value is -0.610. The Balaban J connectivity index is 1.72. The second kappa shape index (κ2) is 7.10. The van der Waals surface area contributed by atoms with E-state index in [1.54, 1.807) is 0 Å². The number of amides is 1. The van der Waals surface area contributed by atoms with Crippen LogP contribution < -0.4 is 5.32 Å². The second-order valence-electron chi connectivity index (χ2n) is 5.61. The highest BCUT2D eigenvalue weighted by Crippen LogP contribution is 2.19. The van der Waals surface area contributed by atoms with Crippen molar-refractivity contribution in [1.82, 2.24) is 10.2 Å². The van der Waals surface area contributed by atoms with Crippen molar-refractivity contribution in [3.63, 3.8) is 0 Å². The first-order chi connectivity index (χ1) is 8.75. The van der Waals surface area contributed by atoms with Crippen molar-refractivity contribution in [2.45, 2.75) is 45.1 Å². The van der Waals surface area contributed by atoms with Gasteiger partial charge < -0.3 is 15.0 Å². The minimum atomic E-state index is 0.190. The summed E-state index contributed by atoms with van der Waals surface area (Å²) in [5, 5.41) is 3.37. The Bertz CT molecular complexity index is 265. The zero-order chi connectivity index (χ0) is 12.8. The molecule has 2 aliphatic rings. The van der Waals surface area contributed by atoms with Gasteiger partial charge in [0.1, 0.15) is 0 Å². The van der Waals surface area contributed by atoms with Gasteiger partial charge in [-0.15, -0.1) is 0 Å². The highest BCUT2D eigenvalue weighted by atomic mass is 16.5. The molecule has 18 heavy (non-hydrogen) atoms. The van der Waals surface area contributed by atoms with E-state index in [-0.39, 0.29) is 6.10 Å². The minimum absolute atomic E-state index is 0.190. The number of carbonyl (C=O) groups excluding carboxylic acids is 1. The monoisotopic (exact) mass is 254 g/mol. The van der Waals surface area contributed by atoms with E-state index in [1.807, 2.05) is 4.90 Å². The molecule has 0 aliphatic carbocycles. The molecule has 0 bridgehead atoms. The SMILES string of the molecule is CC1CN(C(=O)CCC2CCNCC2)CCCO1. The molecule has 0 spiro atoms. The van der Waals surface area contributed by atoms with Crippen LogP contribution in [0.25, 0.3) is 0 Å². The maximum Gasteiger partial charge on any atom is 0.222 e. The maximum atomic E-state index is 12.2. The Kier molecular flexibility index (Phi) is 5.45. The van der Waals surface area contributed by atoms with Crippen molar-refractivity contribution >= 4 is 5.91 Å². The number of piperidine rings is 1. The lowest BCUT2D eigenvalue weighted by atomic mass is 9.93. The van der Waals surface area contributed by atoms with E-state index in [4.69, 9.17) is 4.74 Å². The summed E-state index contributed by atoms with van der Waals surface area (Å²) in [6.45, 7) is 6.72. The summed E-state index contributed by atoms with van der Waals surface area (Å²) in [7, 11) is 0. The van der Waals surface area contributed by atoms with Crippen LogP contribution in [0.15, 0.2) is 0 Å². The van der Waals surface area contributed by atoms with Gasteiger partial charge in [-0.05, 0) is 51.6 Å². The average molecular weight is 254 g/mol. The predicted molar refractivity (Wildman–Crippen MR) is 71.4 cm³/mol. The summed E-state index contributed by atoms with van der Waals surface area (Å²) < 4.78 is 5.58. The van der Waals surface area contributed by atoms with Gasteiger partial charge >= 0.3 is 0 Å². The van der Waals surface area contributed by atoms with Gasteiger partial charge in [0.25, 0.3) is 0 Å². The minimum Gasteiger partial charge on any atom is -0.377 e. The molecule has 104 valence electrons. The molecule has 2 heterocycles. The van der Waals surface area contributed by atoms with Crippen LogP contribution in [0.5, 0.6) is 0 Å². The molecule has 2 rings (SSSR count). The predicted octanol–water partition coefficient (Wildman–Crippen LogP) is 1.40. The topological polar surface area (TPSA) is 41.6 Å². The quantitative estimate of drug-likeness (QED) is 0.828. The van der Waals surface area contributed by atoms with Crippen molar-refractivity contribution in [1.29, 1.82) is 0 Å². The molecule has 1 amide bonds. The summed E-state index contributed by atoms with van der Waals surface area (Å²) in [6, 6.07) is 0. The summed E-state index contributed by atoms with van der Waals surface area (Å²) >= 11 is 0. The van der Waals surface area contributed by atoms with E-state index in [0.717, 1.165) is 58.0 Å². The molecule has 0 aromatic carbocycles. The van der Waals surface area contributed by atoms with Crippen molar-refractivity contribution in [2.24, 2.45) is 5.92 Å². The third kappa shape index (κ3) is 4.25. The molecule has 0 aromatic heterocycles. The van der Waals surface area contributed by atoms with Gasteiger partial charge in [-0.3, -0.25) is 4.79 Å². The molecule has 1 unspecified atom stereocenters. The number of ether oxygens (including phenoxy) is 1. The Morgan fingerprint density at radius 2 is 2.17 bits per heavy atom. The molecular weight excluding hydrogens is 228 g/mol. The van der Waals surface area contributed by atoms with Crippen LogP contribution in [0.1, 0.15) is 39.0 Å². The largest absolute Gasteiger partial charge is 0.377 e. The van der Waals surface area contributed by atoms with E-state index in [9.17, 15) is 4.79 Å². The van der Waals surface area contributed by atoms with E-state index >= 15 is 0 Å². The fourth-order valence-corrected chi connectivity index (χ4v) is 2.88. The number of hydrogen-bond acceptors (Lipinski definition) is 3. The lowest BCUT2D eigenvalue weighted by Gasteiger charge is -2.25. The summed E-state index contributed by atoms with van der Waals surface area (Å²) in [6.07, 6.45) is 5.41. The number of rotatable bonds is 3. The zero-order valence-electron chi connectivity index (χ0n) is 11.5. The fourth-order valence-electron chi connectivity index (χ4n) is 2.88. The number of hydrogen-bond donors (Lipinski definition) is 1. The smallest absolute Gasteiger partial charge is 0.222 e. The van der Waals surface area contributed by atoms with Crippen LogP contribution in [-0.4, -0.2) is 49.7 Å². The maximum absolute atomic E-state index is 12.2. The van der Waals surface area contributed by atoms with Crippen LogP contribution in [0.3, 0.4) is 0 Å². The Morgan fingerprint density at radius 3 is 2.94 bits per heavy atom. The lowest BCUT2D eigenvalue weighted by molar-refractivity contribution is -0.132. The van der Waals surface area contributed by atoms with Gasteiger partial charge in [-0.1, -0.05) is 0 Å². The van der Waals surface area contributed by atoms with Crippen LogP contribution in [0.2, 0.25) is 0 Å². The summed E-state index contributed by atoms with van der Waals surface area (Å²) in [4.78, 5) is 14.2. The second-order valence-corrected chi connectivity index (χ2v) is 5.61. The number of carbonyl (C=O) groups is 1. The molecule has 2 fully saturated rings. The van der Waals surface area contributed by atoms with Crippen molar-refractivity contribution in [3.05, 3.63) is 0 Å². The molecule has 4 heteroatoms. The molecule has 0 aromatic rings. The van der Waals surface area contributed by atoms with Gasteiger partial charge in [0, 0.05) is 26.1 Å². The molecule has 1 N–H and O–H groups in total. The standard InChI is InChI=1S/C14H26N2O2/c1-12-11-16(9-2-10-18-12)14(17)4-3-13-5-7-15-8-6-13/h12-13,15H,2-11H2,1H3. The van der Waals surface area contributed by atoms with Gasteiger partial charge in [0.2, 0.25) is 5.91 Å². The first-order valence-corrected chi connectivity index (χ1v) is 7.36. The van der Waals surface area contributed by atoms with E-state index in [0.29, 0.717) is 5.91 Å². The molecule has 2 saturated heterocycles. The summed E-state index contributed by atoms with van der Waals surface area (Å²) in [5.41, 5.74) is 0. The summed E-state index contributed by atoms with van der Waals surface area (Å²) in [5.74, 6) is 1.07. The molecular formula is C14H26N2O2. The Morgan fingerprint density at radius 1 is 1.39 bits per heavy atom. The van der Waals surface area contributed by atoms with Crippen molar-refractivity contribution < 1.29 is 9.53 Å².